The second kappa shape index (κ2) is 7.51. The fourth-order valence-corrected chi connectivity index (χ4v) is 3.78. The van der Waals surface area contributed by atoms with Gasteiger partial charge in [-0.1, -0.05) is 11.6 Å². The van der Waals surface area contributed by atoms with E-state index in [1.165, 1.54) is 18.6 Å². The molecule has 6 heteroatoms. The minimum Gasteiger partial charge on any atom is -0.342 e. The summed E-state index contributed by atoms with van der Waals surface area (Å²) in [4.78, 5) is 28.8. The van der Waals surface area contributed by atoms with Crippen LogP contribution < -0.4 is 0 Å². The zero-order chi connectivity index (χ0) is 17.1. The fourth-order valence-electron chi connectivity index (χ4n) is 3.54. The molecule has 0 saturated carbocycles. The number of nitrogens with zero attached hydrogens (tertiary/aromatic N) is 2. The number of rotatable bonds is 2. The lowest BCUT2D eigenvalue weighted by atomic mass is 9.94. The highest BCUT2D eigenvalue weighted by molar-refractivity contribution is 6.33. The van der Waals surface area contributed by atoms with E-state index in [-0.39, 0.29) is 22.8 Å². The van der Waals surface area contributed by atoms with Crippen LogP contribution in [0.15, 0.2) is 18.2 Å². The van der Waals surface area contributed by atoms with Gasteiger partial charge in [-0.25, -0.2) is 4.39 Å². The number of carbonyl (C=O) groups excluding carboxylic acids is 2. The molecule has 0 radical (unpaired) electrons. The predicted octanol–water partition coefficient (Wildman–Crippen LogP) is 3.34. The summed E-state index contributed by atoms with van der Waals surface area (Å²) >= 11 is 5.98. The molecule has 0 spiro atoms. The van der Waals surface area contributed by atoms with Gasteiger partial charge in [0.25, 0.3) is 5.91 Å². The summed E-state index contributed by atoms with van der Waals surface area (Å²) in [6.45, 7) is 2.81. The predicted molar refractivity (Wildman–Crippen MR) is 90.5 cm³/mol. The minimum absolute atomic E-state index is 0.0100. The molecule has 1 aromatic carbocycles. The summed E-state index contributed by atoms with van der Waals surface area (Å²) in [6, 6.07) is 3.82. The Kier molecular flexibility index (Phi) is 5.39. The zero-order valence-electron chi connectivity index (χ0n) is 13.6. The Balaban J connectivity index is 1.58. The van der Waals surface area contributed by atoms with Gasteiger partial charge in [0.1, 0.15) is 5.82 Å². The van der Waals surface area contributed by atoms with Crippen LogP contribution in [0.3, 0.4) is 0 Å². The van der Waals surface area contributed by atoms with E-state index in [0.29, 0.717) is 31.5 Å². The first-order valence-electron chi connectivity index (χ1n) is 8.59. The van der Waals surface area contributed by atoms with Crippen molar-refractivity contribution in [2.24, 2.45) is 5.92 Å². The van der Waals surface area contributed by atoms with Crippen LogP contribution in [0.1, 0.15) is 42.5 Å². The highest BCUT2D eigenvalue weighted by atomic mass is 35.5. The quantitative estimate of drug-likeness (QED) is 0.819. The van der Waals surface area contributed by atoms with E-state index in [4.69, 9.17) is 11.6 Å². The monoisotopic (exact) mass is 352 g/mol. The lowest BCUT2D eigenvalue weighted by molar-refractivity contribution is -0.137. The number of halogens is 2. The first-order valence-corrected chi connectivity index (χ1v) is 8.97. The van der Waals surface area contributed by atoms with Gasteiger partial charge in [-0.3, -0.25) is 9.59 Å². The number of hydrogen-bond donors (Lipinski definition) is 0. The molecule has 0 aliphatic carbocycles. The van der Waals surface area contributed by atoms with Gasteiger partial charge in [0.2, 0.25) is 5.91 Å². The van der Waals surface area contributed by atoms with Crippen LogP contribution in [-0.4, -0.2) is 47.8 Å². The molecule has 0 aromatic heterocycles. The second-order valence-corrected chi connectivity index (χ2v) is 6.98. The third-order valence-electron chi connectivity index (χ3n) is 4.96. The van der Waals surface area contributed by atoms with Gasteiger partial charge in [0.15, 0.2) is 0 Å². The average molecular weight is 353 g/mol. The van der Waals surface area contributed by atoms with E-state index in [0.717, 1.165) is 32.0 Å². The van der Waals surface area contributed by atoms with E-state index >= 15 is 0 Å². The Hall–Kier alpha value is -1.62. The van der Waals surface area contributed by atoms with Gasteiger partial charge in [-0.05, 0) is 50.3 Å². The normalized spacial score (nSPS) is 19.4. The molecule has 4 nitrogen and oxygen atoms in total. The first-order chi connectivity index (χ1) is 11.6. The molecule has 2 heterocycles. The van der Waals surface area contributed by atoms with Crippen LogP contribution in [0, 0.1) is 11.7 Å². The summed E-state index contributed by atoms with van der Waals surface area (Å²) in [5.41, 5.74) is 0.318. The Morgan fingerprint density at radius 3 is 2.29 bits per heavy atom. The van der Waals surface area contributed by atoms with Crippen LogP contribution >= 0.6 is 11.6 Å². The van der Waals surface area contributed by atoms with Gasteiger partial charge < -0.3 is 9.80 Å². The van der Waals surface area contributed by atoms with E-state index < -0.39 is 5.82 Å². The Morgan fingerprint density at radius 2 is 1.67 bits per heavy atom. The van der Waals surface area contributed by atoms with E-state index in [9.17, 15) is 14.0 Å². The van der Waals surface area contributed by atoms with Crippen molar-refractivity contribution in [2.45, 2.75) is 32.1 Å². The third-order valence-corrected chi connectivity index (χ3v) is 5.27. The van der Waals surface area contributed by atoms with Gasteiger partial charge in [0, 0.05) is 32.1 Å². The molecule has 0 N–H and O–H groups in total. The molecule has 2 aliphatic rings. The van der Waals surface area contributed by atoms with Crippen molar-refractivity contribution in [3.8, 4) is 0 Å². The van der Waals surface area contributed by atoms with Crippen molar-refractivity contribution in [3.63, 3.8) is 0 Å². The summed E-state index contributed by atoms with van der Waals surface area (Å²) in [7, 11) is 0. The number of benzene rings is 1. The zero-order valence-corrected chi connectivity index (χ0v) is 14.4. The van der Waals surface area contributed by atoms with Crippen LogP contribution in [-0.2, 0) is 4.79 Å². The van der Waals surface area contributed by atoms with Crippen LogP contribution in [0.25, 0.3) is 0 Å². The minimum atomic E-state index is -0.456. The highest BCUT2D eigenvalue weighted by Gasteiger charge is 2.31. The molecule has 3 rings (SSSR count). The molecule has 2 fully saturated rings. The summed E-state index contributed by atoms with van der Waals surface area (Å²) < 4.78 is 13.1. The summed E-state index contributed by atoms with van der Waals surface area (Å²) in [5.74, 6) is -0.399. The van der Waals surface area contributed by atoms with Gasteiger partial charge in [-0.15, -0.1) is 0 Å². The molecular formula is C18H22ClFN2O2. The number of carbonyl (C=O) groups is 2. The van der Waals surface area contributed by atoms with Crippen molar-refractivity contribution in [3.05, 3.63) is 34.6 Å². The van der Waals surface area contributed by atoms with E-state index in [1.54, 1.807) is 4.90 Å². The van der Waals surface area contributed by atoms with Crippen LogP contribution in [0.4, 0.5) is 4.39 Å². The standard InChI is InChI=1S/C18H22ClFN2O2/c19-16-12-14(20)4-5-15(16)18(24)22-10-6-13(7-11-22)17(23)21-8-2-1-3-9-21/h4-5,12-13H,1-3,6-11H2. The molecule has 2 amide bonds. The van der Waals surface area contributed by atoms with Gasteiger partial charge in [0.05, 0.1) is 10.6 Å². The molecule has 1 aromatic rings. The molecule has 24 heavy (non-hydrogen) atoms. The molecular weight excluding hydrogens is 331 g/mol. The highest BCUT2D eigenvalue weighted by Crippen LogP contribution is 2.25. The second-order valence-electron chi connectivity index (χ2n) is 6.58. The van der Waals surface area contributed by atoms with Gasteiger partial charge in [-0.2, -0.15) is 0 Å². The third kappa shape index (κ3) is 3.72. The number of likely N-dealkylation sites (tertiary alicyclic amines) is 2. The Morgan fingerprint density at radius 1 is 1.00 bits per heavy atom. The van der Waals surface area contributed by atoms with Gasteiger partial charge >= 0.3 is 0 Å². The largest absolute Gasteiger partial charge is 0.342 e. The van der Waals surface area contributed by atoms with Crippen molar-refractivity contribution in [1.29, 1.82) is 0 Å². The molecule has 2 aliphatic heterocycles. The van der Waals surface area contributed by atoms with E-state index in [1.807, 2.05) is 4.90 Å². The molecule has 0 unspecified atom stereocenters. The van der Waals surface area contributed by atoms with Crippen LogP contribution in [0.2, 0.25) is 5.02 Å². The van der Waals surface area contributed by atoms with E-state index in [2.05, 4.69) is 0 Å². The summed E-state index contributed by atoms with van der Waals surface area (Å²) in [6.07, 6.45) is 4.74. The fraction of sp³-hybridized carbons (Fsp3) is 0.556. The lowest BCUT2D eigenvalue weighted by Crippen LogP contribution is -2.45. The molecule has 2 saturated heterocycles. The maximum absolute atomic E-state index is 13.1. The Bertz CT molecular complexity index is 623. The first kappa shape index (κ1) is 17.2. The van der Waals surface area contributed by atoms with Crippen molar-refractivity contribution >= 4 is 23.4 Å². The topological polar surface area (TPSA) is 40.6 Å². The maximum atomic E-state index is 13.1. The average Bonchev–Trinajstić information content (AvgIpc) is 2.61. The summed E-state index contributed by atoms with van der Waals surface area (Å²) in [5, 5.41) is 0.131. The van der Waals surface area contributed by atoms with Crippen molar-refractivity contribution < 1.29 is 14.0 Å². The van der Waals surface area contributed by atoms with Crippen LogP contribution in [0.5, 0.6) is 0 Å². The SMILES string of the molecule is O=C(c1ccc(F)cc1Cl)N1CCC(C(=O)N2CCCCC2)CC1. The molecule has 0 bridgehead atoms. The number of amides is 2. The number of piperidine rings is 2. The molecule has 0 atom stereocenters. The van der Waals surface area contributed by atoms with Crippen molar-refractivity contribution in [1.82, 2.24) is 9.80 Å². The smallest absolute Gasteiger partial charge is 0.255 e. The molecule has 130 valence electrons. The van der Waals surface area contributed by atoms with Crippen molar-refractivity contribution in [2.75, 3.05) is 26.2 Å². The number of hydrogen-bond acceptors (Lipinski definition) is 2. The Labute approximate surface area is 146 Å². The lowest BCUT2D eigenvalue weighted by Gasteiger charge is -2.35. The maximum Gasteiger partial charge on any atom is 0.255 e.